The number of carbonyl (C=O) groups excluding carboxylic acids is 1. The number of carboxylic acids is 3. The first-order valence-corrected chi connectivity index (χ1v) is 7.53. The van der Waals surface area contributed by atoms with Crippen LogP contribution in [0.4, 0.5) is 0 Å². The van der Waals surface area contributed by atoms with E-state index in [1.165, 1.54) is 0 Å². The van der Waals surface area contributed by atoms with E-state index in [-0.39, 0.29) is 12.8 Å². The van der Waals surface area contributed by atoms with Crippen molar-refractivity contribution in [3.8, 4) is 0 Å². The number of amides is 1. The zero-order valence-corrected chi connectivity index (χ0v) is 13.3. The minimum absolute atomic E-state index is 0.158. The SMILES string of the molecule is O=C(O)CC[C@H](NC(=O)CN[C@@H](Cc1ccccc1)C(=O)O)C(=O)O. The van der Waals surface area contributed by atoms with Crippen LogP contribution >= 0.6 is 0 Å². The second-order valence-electron chi connectivity index (χ2n) is 5.35. The summed E-state index contributed by atoms with van der Waals surface area (Å²) >= 11 is 0. The lowest BCUT2D eigenvalue weighted by atomic mass is 10.1. The van der Waals surface area contributed by atoms with Crippen molar-refractivity contribution in [2.45, 2.75) is 31.3 Å². The standard InChI is InChI=1S/C16H20N2O7/c19-13(18-11(15(22)23)6-7-14(20)21)9-17-12(16(24)25)8-10-4-2-1-3-5-10/h1-5,11-12,17H,6-9H2,(H,18,19)(H,20,21)(H,22,23)(H,24,25)/t11-,12-/m0/s1. The number of rotatable bonds is 11. The molecular weight excluding hydrogens is 332 g/mol. The maximum absolute atomic E-state index is 11.8. The van der Waals surface area contributed by atoms with Crippen LogP contribution in [0.3, 0.4) is 0 Å². The Kier molecular flexibility index (Phi) is 8.07. The van der Waals surface area contributed by atoms with Gasteiger partial charge in [-0.2, -0.15) is 0 Å². The summed E-state index contributed by atoms with van der Waals surface area (Å²) in [7, 11) is 0. The third-order valence-electron chi connectivity index (χ3n) is 3.37. The summed E-state index contributed by atoms with van der Waals surface area (Å²) in [4.78, 5) is 44.6. The third kappa shape index (κ3) is 7.93. The van der Waals surface area contributed by atoms with Gasteiger partial charge in [-0.05, 0) is 18.4 Å². The average molecular weight is 352 g/mol. The second-order valence-corrected chi connectivity index (χ2v) is 5.35. The van der Waals surface area contributed by atoms with Crippen LogP contribution in [0.5, 0.6) is 0 Å². The van der Waals surface area contributed by atoms with Crippen molar-refractivity contribution in [3.63, 3.8) is 0 Å². The molecule has 0 radical (unpaired) electrons. The Balaban J connectivity index is 2.54. The van der Waals surface area contributed by atoms with Gasteiger partial charge in [0.1, 0.15) is 12.1 Å². The largest absolute Gasteiger partial charge is 0.481 e. The molecule has 0 unspecified atom stereocenters. The van der Waals surface area contributed by atoms with E-state index in [2.05, 4.69) is 10.6 Å². The molecule has 1 aromatic carbocycles. The van der Waals surface area contributed by atoms with Gasteiger partial charge in [0.25, 0.3) is 0 Å². The smallest absolute Gasteiger partial charge is 0.326 e. The number of hydrogen-bond donors (Lipinski definition) is 5. The molecule has 1 amide bonds. The van der Waals surface area contributed by atoms with Crippen LogP contribution in [0.25, 0.3) is 0 Å². The lowest BCUT2D eigenvalue weighted by molar-refractivity contribution is -0.143. The van der Waals surface area contributed by atoms with Crippen molar-refractivity contribution in [3.05, 3.63) is 35.9 Å². The molecule has 25 heavy (non-hydrogen) atoms. The molecule has 1 rings (SSSR count). The highest BCUT2D eigenvalue weighted by atomic mass is 16.4. The number of carbonyl (C=O) groups is 4. The van der Waals surface area contributed by atoms with Crippen molar-refractivity contribution < 1.29 is 34.5 Å². The summed E-state index contributed by atoms with van der Waals surface area (Å²) in [5.74, 6) is -4.39. The molecule has 9 heteroatoms. The van der Waals surface area contributed by atoms with Crippen molar-refractivity contribution in [2.24, 2.45) is 0 Å². The molecule has 0 saturated heterocycles. The summed E-state index contributed by atoms with van der Waals surface area (Å²) in [6.45, 7) is -0.402. The van der Waals surface area contributed by atoms with Crippen molar-refractivity contribution in [2.75, 3.05) is 6.54 Å². The minimum atomic E-state index is -1.35. The first-order valence-electron chi connectivity index (χ1n) is 7.53. The average Bonchev–Trinajstić information content (AvgIpc) is 2.55. The van der Waals surface area contributed by atoms with Crippen LogP contribution in [0, 0.1) is 0 Å². The summed E-state index contributed by atoms with van der Waals surface area (Å²) in [6, 6.07) is 6.47. The monoisotopic (exact) mass is 352 g/mol. The Morgan fingerprint density at radius 1 is 0.920 bits per heavy atom. The number of nitrogens with one attached hydrogen (secondary N) is 2. The van der Waals surface area contributed by atoms with Gasteiger partial charge in [0.15, 0.2) is 0 Å². The normalized spacial score (nSPS) is 12.8. The summed E-state index contributed by atoms with van der Waals surface area (Å²) in [5.41, 5.74) is 0.771. The first-order chi connectivity index (χ1) is 11.8. The second kappa shape index (κ2) is 10.0. The molecule has 0 aliphatic carbocycles. The first kappa shape index (κ1) is 20.1. The van der Waals surface area contributed by atoms with Crippen LogP contribution in [0.2, 0.25) is 0 Å². The zero-order chi connectivity index (χ0) is 18.8. The van der Waals surface area contributed by atoms with E-state index in [1.807, 2.05) is 0 Å². The lowest BCUT2D eigenvalue weighted by Crippen LogP contribution is -2.48. The predicted octanol–water partition coefficient (Wildman–Crippen LogP) is -0.294. The molecule has 9 nitrogen and oxygen atoms in total. The van der Waals surface area contributed by atoms with Gasteiger partial charge in [-0.1, -0.05) is 30.3 Å². The van der Waals surface area contributed by atoms with E-state index in [9.17, 15) is 24.3 Å². The maximum atomic E-state index is 11.8. The molecule has 0 saturated carbocycles. The Morgan fingerprint density at radius 3 is 2.04 bits per heavy atom. The number of hydrogen-bond acceptors (Lipinski definition) is 5. The highest BCUT2D eigenvalue weighted by Crippen LogP contribution is 2.03. The van der Waals surface area contributed by atoms with Crippen molar-refractivity contribution in [1.29, 1.82) is 0 Å². The number of benzene rings is 1. The van der Waals surface area contributed by atoms with Gasteiger partial charge in [-0.25, -0.2) is 4.79 Å². The highest BCUT2D eigenvalue weighted by molar-refractivity contribution is 5.85. The number of carboxylic acid groups (broad SMARTS) is 3. The Labute approximate surface area is 143 Å². The molecule has 0 aliphatic heterocycles. The van der Waals surface area contributed by atoms with E-state index in [0.717, 1.165) is 5.56 Å². The van der Waals surface area contributed by atoms with E-state index in [1.54, 1.807) is 30.3 Å². The third-order valence-corrected chi connectivity index (χ3v) is 3.37. The van der Waals surface area contributed by atoms with Crippen molar-refractivity contribution >= 4 is 23.8 Å². The number of aliphatic carboxylic acids is 3. The van der Waals surface area contributed by atoms with Crippen molar-refractivity contribution in [1.82, 2.24) is 10.6 Å². The molecule has 0 bridgehead atoms. The molecule has 5 N–H and O–H groups in total. The maximum Gasteiger partial charge on any atom is 0.326 e. The van der Waals surface area contributed by atoms with Crippen LogP contribution in [0.15, 0.2) is 30.3 Å². The quantitative estimate of drug-likeness (QED) is 0.364. The van der Waals surface area contributed by atoms with Crippen LogP contribution in [-0.4, -0.2) is 57.8 Å². The molecule has 0 aliphatic rings. The summed E-state index contributed by atoms with van der Waals surface area (Å²) in [5, 5.41) is 31.5. The fourth-order valence-corrected chi connectivity index (χ4v) is 2.08. The Bertz CT molecular complexity index is 618. The molecule has 2 atom stereocenters. The van der Waals surface area contributed by atoms with Crippen LogP contribution in [0.1, 0.15) is 18.4 Å². The Morgan fingerprint density at radius 2 is 1.52 bits per heavy atom. The minimum Gasteiger partial charge on any atom is -0.481 e. The van der Waals surface area contributed by atoms with E-state index in [4.69, 9.17) is 10.2 Å². The van der Waals surface area contributed by atoms with Gasteiger partial charge in [0.2, 0.25) is 5.91 Å². The van der Waals surface area contributed by atoms with Gasteiger partial charge in [0, 0.05) is 6.42 Å². The zero-order valence-electron chi connectivity index (χ0n) is 13.3. The van der Waals surface area contributed by atoms with Gasteiger partial charge in [-0.3, -0.25) is 19.7 Å². The fraction of sp³-hybridized carbons (Fsp3) is 0.375. The molecule has 1 aromatic rings. The van der Waals surface area contributed by atoms with E-state index < -0.39 is 48.9 Å². The molecule has 0 aromatic heterocycles. The van der Waals surface area contributed by atoms with Gasteiger partial charge in [-0.15, -0.1) is 0 Å². The molecular formula is C16H20N2O7. The summed E-state index contributed by atoms with van der Waals surface area (Å²) < 4.78 is 0. The van der Waals surface area contributed by atoms with Gasteiger partial charge < -0.3 is 20.6 Å². The molecule has 136 valence electrons. The van der Waals surface area contributed by atoms with Crippen LogP contribution in [-0.2, 0) is 25.6 Å². The Hall–Kier alpha value is -2.94. The van der Waals surface area contributed by atoms with E-state index >= 15 is 0 Å². The van der Waals surface area contributed by atoms with Crippen LogP contribution < -0.4 is 10.6 Å². The highest BCUT2D eigenvalue weighted by Gasteiger charge is 2.23. The summed E-state index contributed by atoms with van der Waals surface area (Å²) in [6.07, 6.45) is -0.510. The predicted molar refractivity (Wildman–Crippen MR) is 86.0 cm³/mol. The molecule has 0 heterocycles. The molecule has 0 spiro atoms. The van der Waals surface area contributed by atoms with Gasteiger partial charge >= 0.3 is 17.9 Å². The van der Waals surface area contributed by atoms with E-state index in [0.29, 0.717) is 0 Å². The topological polar surface area (TPSA) is 153 Å². The molecule has 0 fully saturated rings. The van der Waals surface area contributed by atoms with Gasteiger partial charge in [0.05, 0.1) is 6.54 Å². The lowest BCUT2D eigenvalue weighted by Gasteiger charge is -2.17. The fourth-order valence-electron chi connectivity index (χ4n) is 2.08.